The van der Waals surface area contributed by atoms with Crippen molar-refractivity contribution in [3.63, 3.8) is 0 Å². The molecule has 0 bridgehead atoms. The lowest BCUT2D eigenvalue weighted by atomic mass is 10.1. The maximum Gasteiger partial charge on any atom is 0.236 e. The maximum atomic E-state index is 11.5. The van der Waals surface area contributed by atoms with Crippen LogP contribution in [0.3, 0.4) is 0 Å². The van der Waals surface area contributed by atoms with Gasteiger partial charge in [-0.15, -0.1) is 0 Å². The number of nitrogens with one attached hydrogen (secondary N) is 1. The van der Waals surface area contributed by atoms with Gasteiger partial charge in [-0.1, -0.05) is 18.2 Å². The summed E-state index contributed by atoms with van der Waals surface area (Å²) in [4.78, 5) is 11.5. The van der Waals surface area contributed by atoms with Crippen molar-refractivity contribution in [1.82, 2.24) is 5.32 Å². The predicted octanol–water partition coefficient (Wildman–Crippen LogP) is 3.37. The number of hydrogen-bond acceptors (Lipinski definition) is 3. The molecule has 0 aliphatic carbocycles. The second-order valence-electron chi connectivity index (χ2n) is 6.03. The summed E-state index contributed by atoms with van der Waals surface area (Å²) in [5, 5.41) is 2.80. The first-order valence-corrected chi connectivity index (χ1v) is 7.74. The van der Waals surface area contributed by atoms with Gasteiger partial charge >= 0.3 is 0 Å². The molecule has 0 saturated carbocycles. The molecule has 0 heterocycles. The van der Waals surface area contributed by atoms with Crippen molar-refractivity contribution in [2.75, 3.05) is 0 Å². The van der Waals surface area contributed by atoms with Crippen molar-refractivity contribution < 1.29 is 9.53 Å². The quantitative estimate of drug-likeness (QED) is 0.889. The highest BCUT2D eigenvalue weighted by Gasteiger charge is 2.08. The first-order valence-electron chi connectivity index (χ1n) is 7.74. The zero-order valence-corrected chi connectivity index (χ0v) is 14.1. The Bertz CT molecular complexity index is 688. The van der Waals surface area contributed by atoms with Crippen LogP contribution in [-0.4, -0.2) is 11.9 Å². The number of carbonyl (C=O) groups excluding carboxylic acids is 1. The van der Waals surface area contributed by atoms with Crippen LogP contribution >= 0.6 is 0 Å². The molecule has 3 N–H and O–H groups in total. The van der Waals surface area contributed by atoms with Crippen LogP contribution in [0.1, 0.15) is 29.2 Å². The van der Waals surface area contributed by atoms with E-state index in [1.54, 1.807) is 6.92 Å². The normalized spacial score (nSPS) is 11.9. The van der Waals surface area contributed by atoms with Gasteiger partial charge in [-0.2, -0.15) is 0 Å². The fraction of sp³-hybridized carbons (Fsp3) is 0.316. The van der Waals surface area contributed by atoms with Crippen LogP contribution in [0.5, 0.6) is 11.5 Å². The lowest BCUT2D eigenvalue weighted by Gasteiger charge is -2.12. The van der Waals surface area contributed by atoms with Crippen LogP contribution in [0, 0.1) is 20.8 Å². The number of hydrogen-bond donors (Lipinski definition) is 2. The molecule has 0 aliphatic heterocycles. The smallest absolute Gasteiger partial charge is 0.236 e. The molecular formula is C19H24N2O2. The monoisotopic (exact) mass is 312 g/mol. The summed E-state index contributed by atoms with van der Waals surface area (Å²) < 4.78 is 5.98. The lowest BCUT2D eigenvalue weighted by molar-refractivity contribution is -0.122. The molecule has 0 radical (unpaired) electrons. The number of rotatable bonds is 5. The molecule has 0 aliphatic rings. The molecule has 0 unspecified atom stereocenters. The zero-order valence-electron chi connectivity index (χ0n) is 14.1. The van der Waals surface area contributed by atoms with Crippen molar-refractivity contribution in [1.29, 1.82) is 0 Å². The third kappa shape index (κ3) is 4.83. The standard InChI is InChI=1S/C19H24N2O2/c1-12-7-13(2)9-17(8-12)23-18-6-5-16(10-14(18)3)11-21-19(22)15(4)20/h5-10,15H,11,20H2,1-4H3,(H,21,22)/t15-/m1/s1. The number of carbonyl (C=O) groups is 1. The molecule has 2 aromatic carbocycles. The molecule has 4 nitrogen and oxygen atoms in total. The molecule has 2 aromatic rings. The molecule has 1 amide bonds. The van der Waals surface area contributed by atoms with E-state index in [1.165, 1.54) is 11.1 Å². The fourth-order valence-electron chi connectivity index (χ4n) is 2.40. The molecule has 0 aromatic heterocycles. The SMILES string of the molecule is Cc1cc(C)cc(Oc2ccc(CNC(=O)[C@@H](C)N)cc2C)c1. The zero-order chi connectivity index (χ0) is 17.0. The van der Waals surface area contributed by atoms with E-state index in [0.29, 0.717) is 6.54 Å². The van der Waals surface area contributed by atoms with Crippen LogP contribution in [0.25, 0.3) is 0 Å². The van der Waals surface area contributed by atoms with E-state index >= 15 is 0 Å². The molecule has 1 atom stereocenters. The van der Waals surface area contributed by atoms with Gasteiger partial charge < -0.3 is 15.8 Å². The highest BCUT2D eigenvalue weighted by Crippen LogP contribution is 2.27. The van der Waals surface area contributed by atoms with E-state index in [1.807, 2.05) is 37.3 Å². The van der Waals surface area contributed by atoms with Gasteiger partial charge in [0.2, 0.25) is 5.91 Å². The Morgan fingerprint density at radius 1 is 1.13 bits per heavy atom. The number of amides is 1. The lowest BCUT2D eigenvalue weighted by Crippen LogP contribution is -2.37. The molecular weight excluding hydrogens is 288 g/mol. The van der Waals surface area contributed by atoms with E-state index in [4.69, 9.17) is 10.5 Å². The molecule has 4 heteroatoms. The van der Waals surface area contributed by atoms with Gasteiger partial charge in [0.1, 0.15) is 11.5 Å². The second-order valence-corrected chi connectivity index (χ2v) is 6.03. The number of aryl methyl sites for hydroxylation is 3. The molecule has 122 valence electrons. The highest BCUT2D eigenvalue weighted by molar-refractivity contribution is 5.80. The van der Waals surface area contributed by atoms with Crippen molar-refractivity contribution in [3.05, 3.63) is 58.7 Å². The Morgan fingerprint density at radius 3 is 2.35 bits per heavy atom. The summed E-state index contributed by atoms with van der Waals surface area (Å²) in [7, 11) is 0. The average Bonchev–Trinajstić information content (AvgIpc) is 2.46. The van der Waals surface area contributed by atoms with Gasteiger partial charge in [-0.05, 0) is 68.1 Å². The van der Waals surface area contributed by atoms with Crippen molar-refractivity contribution in [3.8, 4) is 11.5 Å². The molecule has 23 heavy (non-hydrogen) atoms. The summed E-state index contributed by atoms with van der Waals surface area (Å²) in [6, 6.07) is 11.5. The minimum Gasteiger partial charge on any atom is -0.457 e. The maximum absolute atomic E-state index is 11.5. The average molecular weight is 312 g/mol. The third-order valence-corrected chi connectivity index (χ3v) is 3.54. The second kappa shape index (κ2) is 7.29. The van der Waals surface area contributed by atoms with Gasteiger partial charge in [0.25, 0.3) is 0 Å². The van der Waals surface area contributed by atoms with Crippen LogP contribution in [-0.2, 0) is 11.3 Å². The number of benzene rings is 2. The minimum absolute atomic E-state index is 0.154. The fourth-order valence-corrected chi connectivity index (χ4v) is 2.40. The summed E-state index contributed by atoms with van der Waals surface area (Å²) in [6.07, 6.45) is 0. The van der Waals surface area contributed by atoms with Crippen molar-refractivity contribution >= 4 is 5.91 Å². The van der Waals surface area contributed by atoms with Crippen LogP contribution in [0.15, 0.2) is 36.4 Å². The van der Waals surface area contributed by atoms with E-state index in [9.17, 15) is 4.79 Å². The summed E-state index contributed by atoms with van der Waals surface area (Å²) in [6.45, 7) is 8.23. The Labute approximate surface area is 137 Å². The molecule has 0 fully saturated rings. The van der Waals surface area contributed by atoms with E-state index < -0.39 is 6.04 Å². The topological polar surface area (TPSA) is 64.3 Å². The Morgan fingerprint density at radius 2 is 1.78 bits per heavy atom. The predicted molar refractivity (Wildman–Crippen MR) is 92.7 cm³/mol. The summed E-state index contributed by atoms with van der Waals surface area (Å²) in [5.41, 5.74) is 9.92. The Kier molecular flexibility index (Phi) is 5.40. The Balaban J connectivity index is 2.08. The summed E-state index contributed by atoms with van der Waals surface area (Å²) >= 11 is 0. The van der Waals surface area contributed by atoms with Crippen LogP contribution in [0.4, 0.5) is 0 Å². The summed E-state index contributed by atoms with van der Waals surface area (Å²) in [5.74, 6) is 1.50. The number of nitrogens with two attached hydrogens (primary N) is 1. The minimum atomic E-state index is -0.497. The van der Waals surface area contributed by atoms with Gasteiger partial charge in [0, 0.05) is 6.54 Å². The largest absolute Gasteiger partial charge is 0.457 e. The van der Waals surface area contributed by atoms with E-state index in [-0.39, 0.29) is 5.91 Å². The van der Waals surface area contributed by atoms with Crippen molar-refractivity contribution in [2.24, 2.45) is 5.73 Å². The van der Waals surface area contributed by atoms with Gasteiger partial charge in [-0.3, -0.25) is 4.79 Å². The first kappa shape index (κ1) is 17.0. The first-order chi connectivity index (χ1) is 10.8. The molecule has 2 rings (SSSR count). The van der Waals surface area contributed by atoms with E-state index in [2.05, 4.69) is 25.2 Å². The Hall–Kier alpha value is -2.33. The van der Waals surface area contributed by atoms with Gasteiger partial charge in [-0.25, -0.2) is 0 Å². The molecule has 0 spiro atoms. The number of ether oxygens (including phenoxy) is 1. The van der Waals surface area contributed by atoms with Crippen molar-refractivity contribution in [2.45, 2.75) is 40.3 Å². The van der Waals surface area contributed by atoms with Crippen LogP contribution in [0.2, 0.25) is 0 Å². The molecule has 0 saturated heterocycles. The van der Waals surface area contributed by atoms with E-state index in [0.717, 1.165) is 22.6 Å². The van der Waals surface area contributed by atoms with Gasteiger partial charge in [0.15, 0.2) is 0 Å². The van der Waals surface area contributed by atoms with Gasteiger partial charge in [0.05, 0.1) is 6.04 Å². The highest BCUT2D eigenvalue weighted by atomic mass is 16.5. The van der Waals surface area contributed by atoms with Crippen LogP contribution < -0.4 is 15.8 Å². The third-order valence-electron chi connectivity index (χ3n) is 3.54.